The van der Waals surface area contributed by atoms with Gasteiger partial charge in [0.1, 0.15) is 0 Å². The summed E-state index contributed by atoms with van der Waals surface area (Å²) in [5.74, 6) is -0.754. The molecule has 2 N–H and O–H groups in total. The molecule has 32 heavy (non-hydrogen) atoms. The molecule has 160 valence electrons. The van der Waals surface area contributed by atoms with Crippen molar-refractivity contribution in [3.63, 3.8) is 0 Å². The van der Waals surface area contributed by atoms with Crippen LogP contribution in [0.4, 0.5) is 5.69 Å². The molecule has 0 spiro atoms. The first-order chi connectivity index (χ1) is 15.5. The zero-order valence-corrected chi connectivity index (χ0v) is 18.3. The molecule has 1 fully saturated rings. The predicted octanol–water partition coefficient (Wildman–Crippen LogP) is 4.48. The van der Waals surface area contributed by atoms with Crippen LogP contribution in [0.25, 0.3) is 33.0 Å². The number of anilines is 1. The van der Waals surface area contributed by atoms with Gasteiger partial charge in [-0.2, -0.15) is 0 Å². The lowest BCUT2D eigenvalue weighted by Gasteiger charge is -2.17. The molecule has 2 amide bonds. The number of aromatic nitrogens is 2. The van der Waals surface area contributed by atoms with E-state index in [9.17, 15) is 9.59 Å². The first-order valence-corrected chi connectivity index (χ1v) is 11.1. The highest BCUT2D eigenvalue weighted by atomic mass is 35.5. The van der Waals surface area contributed by atoms with Gasteiger partial charge in [-0.15, -0.1) is 0 Å². The van der Waals surface area contributed by atoms with Gasteiger partial charge in [-0.3, -0.25) is 14.9 Å². The highest BCUT2D eigenvalue weighted by Gasteiger charge is 2.35. The molecular weight excluding hydrogens is 424 g/mol. The van der Waals surface area contributed by atoms with Crippen LogP contribution in [0.5, 0.6) is 0 Å². The zero-order chi connectivity index (χ0) is 22.0. The number of aryl methyl sites for hydroxylation is 1. The number of carbonyl (C=O) groups is 2. The van der Waals surface area contributed by atoms with Gasteiger partial charge in [0, 0.05) is 76.2 Å². The lowest BCUT2D eigenvalue weighted by molar-refractivity contribution is -0.122. The molecule has 4 aromatic rings. The molecule has 2 aromatic carbocycles. The normalized spacial score (nSPS) is 16.8. The minimum absolute atomic E-state index is 0.375. The summed E-state index contributed by atoms with van der Waals surface area (Å²) >= 11 is 6.18. The highest BCUT2D eigenvalue weighted by Crippen LogP contribution is 2.39. The molecule has 6 nitrogen and oxygen atoms in total. The van der Waals surface area contributed by atoms with E-state index in [1.54, 1.807) is 6.07 Å². The third-order valence-corrected chi connectivity index (χ3v) is 6.79. The quantitative estimate of drug-likeness (QED) is 0.458. The fourth-order valence-corrected chi connectivity index (χ4v) is 5.18. The number of halogens is 1. The maximum Gasteiger partial charge on any atom is 0.259 e. The molecule has 0 aliphatic carbocycles. The first-order valence-electron chi connectivity index (χ1n) is 10.7. The van der Waals surface area contributed by atoms with Gasteiger partial charge in [-0.25, -0.2) is 0 Å². The summed E-state index contributed by atoms with van der Waals surface area (Å²) < 4.78 is 1.93. The average Bonchev–Trinajstić information content (AvgIpc) is 3.54. The topological polar surface area (TPSA) is 70.1 Å². The van der Waals surface area contributed by atoms with Gasteiger partial charge in [-0.1, -0.05) is 23.7 Å². The Kier molecular flexibility index (Phi) is 4.20. The Morgan fingerprint density at radius 3 is 2.41 bits per heavy atom. The summed E-state index contributed by atoms with van der Waals surface area (Å²) in [5.41, 5.74) is 5.28. The van der Waals surface area contributed by atoms with Gasteiger partial charge in [-0.05, 0) is 37.1 Å². The molecule has 0 atom stereocenters. The molecule has 0 unspecified atom stereocenters. The molecule has 2 aliphatic heterocycles. The number of nitrogens with one attached hydrogen (secondary N) is 2. The second kappa shape index (κ2) is 7.00. The van der Waals surface area contributed by atoms with E-state index in [0.29, 0.717) is 16.2 Å². The van der Waals surface area contributed by atoms with E-state index in [1.165, 1.54) is 18.5 Å². The number of H-pyrrole nitrogens is 1. The van der Waals surface area contributed by atoms with E-state index in [4.69, 9.17) is 11.6 Å². The molecule has 0 bridgehead atoms. The Hall–Kier alpha value is -3.51. The number of benzene rings is 2. The van der Waals surface area contributed by atoms with E-state index >= 15 is 0 Å². The standard InChI is InChI=1S/C25H21ClN4O2/c1-29-13-19(17-6-4-14(26)10-21(17)29)23-22(24(31)28-25(23)32)18-12-27-20-11-15(5-7-16(18)20)30-8-2-3-9-30/h4-7,10-13,27H,2-3,8-9H2,1H3,(H,28,31,32). The monoisotopic (exact) mass is 444 g/mol. The number of aromatic amines is 1. The Balaban J connectivity index is 1.55. The van der Waals surface area contributed by atoms with Gasteiger partial charge in [0.15, 0.2) is 0 Å². The average molecular weight is 445 g/mol. The molecule has 6 rings (SSSR count). The molecule has 4 heterocycles. The van der Waals surface area contributed by atoms with Crippen molar-refractivity contribution < 1.29 is 9.59 Å². The van der Waals surface area contributed by atoms with Crippen LogP contribution in [0.3, 0.4) is 0 Å². The number of nitrogens with zero attached hydrogens (tertiary/aromatic N) is 2. The van der Waals surface area contributed by atoms with Crippen LogP contribution in [0.2, 0.25) is 5.02 Å². The minimum atomic E-state index is -0.379. The van der Waals surface area contributed by atoms with E-state index in [1.807, 2.05) is 42.2 Å². The second-order valence-corrected chi connectivity index (χ2v) is 8.91. The molecule has 7 heteroatoms. The van der Waals surface area contributed by atoms with Crippen LogP contribution in [0, 0.1) is 0 Å². The second-order valence-electron chi connectivity index (χ2n) is 8.47. The highest BCUT2D eigenvalue weighted by molar-refractivity contribution is 6.50. The van der Waals surface area contributed by atoms with Crippen LogP contribution in [-0.2, 0) is 16.6 Å². The summed E-state index contributed by atoms with van der Waals surface area (Å²) in [7, 11) is 1.91. The van der Waals surface area contributed by atoms with Crippen molar-refractivity contribution in [2.45, 2.75) is 12.8 Å². The fourth-order valence-electron chi connectivity index (χ4n) is 5.02. The molecule has 0 radical (unpaired) electrons. The van der Waals surface area contributed by atoms with Gasteiger partial charge >= 0.3 is 0 Å². The maximum absolute atomic E-state index is 12.9. The van der Waals surface area contributed by atoms with Crippen LogP contribution in [0.15, 0.2) is 48.8 Å². The van der Waals surface area contributed by atoms with Crippen LogP contribution in [0.1, 0.15) is 24.0 Å². The van der Waals surface area contributed by atoms with Crippen molar-refractivity contribution in [1.82, 2.24) is 14.9 Å². The fraction of sp³-hybridized carbons (Fsp3) is 0.200. The third-order valence-electron chi connectivity index (χ3n) is 6.56. The summed E-state index contributed by atoms with van der Waals surface area (Å²) in [5, 5.41) is 4.93. The Morgan fingerprint density at radius 2 is 1.62 bits per heavy atom. The summed E-state index contributed by atoms with van der Waals surface area (Å²) in [6.45, 7) is 2.13. The van der Waals surface area contributed by atoms with Crippen LogP contribution >= 0.6 is 11.6 Å². The summed E-state index contributed by atoms with van der Waals surface area (Å²) in [6.07, 6.45) is 6.13. The number of hydrogen-bond donors (Lipinski definition) is 2. The SMILES string of the molecule is Cn1cc(C2=C(c3c[nH]c4cc(N5CCCC5)ccc34)C(=O)NC2=O)c2ccc(Cl)cc21. The van der Waals surface area contributed by atoms with E-state index in [0.717, 1.165) is 46.0 Å². The van der Waals surface area contributed by atoms with Crippen molar-refractivity contribution in [2.24, 2.45) is 7.05 Å². The number of amides is 2. The van der Waals surface area contributed by atoms with Crippen molar-refractivity contribution in [3.05, 3.63) is 64.9 Å². The number of rotatable bonds is 3. The number of hydrogen-bond acceptors (Lipinski definition) is 3. The molecule has 1 saturated heterocycles. The molecular formula is C25H21ClN4O2. The molecule has 2 aliphatic rings. The van der Waals surface area contributed by atoms with Crippen molar-refractivity contribution in [3.8, 4) is 0 Å². The third kappa shape index (κ3) is 2.79. The molecule has 2 aromatic heterocycles. The maximum atomic E-state index is 12.9. The van der Waals surface area contributed by atoms with E-state index < -0.39 is 0 Å². The van der Waals surface area contributed by atoms with Gasteiger partial charge in [0.2, 0.25) is 0 Å². The summed E-state index contributed by atoms with van der Waals surface area (Å²) in [6, 6.07) is 11.8. The predicted molar refractivity (Wildman–Crippen MR) is 128 cm³/mol. The Labute approximate surface area is 189 Å². The summed E-state index contributed by atoms with van der Waals surface area (Å²) in [4.78, 5) is 31.6. The minimum Gasteiger partial charge on any atom is -0.371 e. The smallest absolute Gasteiger partial charge is 0.259 e. The van der Waals surface area contributed by atoms with E-state index in [2.05, 4.69) is 27.3 Å². The zero-order valence-electron chi connectivity index (χ0n) is 17.5. The number of imide groups is 1. The van der Waals surface area contributed by atoms with Crippen LogP contribution < -0.4 is 10.2 Å². The lowest BCUT2D eigenvalue weighted by Crippen LogP contribution is -2.22. The van der Waals surface area contributed by atoms with Crippen LogP contribution in [-0.4, -0.2) is 34.5 Å². The van der Waals surface area contributed by atoms with E-state index in [-0.39, 0.29) is 11.8 Å². The van der Waals surface area contributed by atoms with Gasteiger partial charge < -0.3 is 14.5 Å². The number of fused-ring (bicyclic) bond motifs is 2. The van der Waals surface area contributed by atoms with Crippen molar-refractivity contribution >= 4 is 62.1 Å². The Bertz CT molecular complexity index is 1470. The largest absolute Gasteiger partial charge is 0.371 e. The van der Waals surface area contributed by atoms with Gasteiger partial charge in [0.05, 0.1) is 11.1 Å². The number of carbonyl (C=O) groups excluding carboxylic acids is 2. The molecule has 0 saturated carbocycles. The van der Waals surface area contributed by atoms with Crippen molar-refractivity contribution in [2.75, 3.05) is 18.0 Å². The van der Waals surface area contributed by atoms with Gasteiger partial charge in [0.25, 0.3) is 11.8 Å². The first kappa shape index (κ1) is 19.2. The lowest BCUT2D eigenvalue weighted by atomic mass is 9.95. The Morgan fingerprint density at radius 1 is 0.906 bits per heavy atom. The van der Waals surface area contributed by atoms with Crippen molar-refractivity contribution in [1.29, 1.82) is 0 Å².